The van der Waals surface area contributed by atoms with E-state index in [2.05, 4.69) is 5.32 Å². The molecule has 88 valence electrons. The lowest BCUT2D eigenvalue weighted by molar-refractivity contribution is -0.137. The minimum absolute atomic E-state index is 0.0110. The third-order valence-corrected chi connectivity index (χ3v) is 2.70. The van der Waals surface area contributed by atoms with E-state index in [1.54, 1.807) is 0 Å². The lowest BCUT2D eigenvalue weighted by Gasteiger charge is -2.28. The average molecular weight is 216 g/mol. The molecule has 15 heavy (non-hydrogen) atoms. The molecule has 0 unspecified atom stereocenters. The van der Waals surface area contributed by atoms with E-state index in [4.69, 9.17) is 10.2 Å². The van der Waals surface area contributed by atoms with Crippen LogP contribution in [0.1, 0.15) is 12.8 Å². The summed E-state index contributed by atoms with van der Waals surface area (Å²) in [6.07, 6.45) is 1.92. The number of piperidine rings is 1. The third-order valence-electron chi connectivity index (χ3n) is 2.70. The second-order valence-electron chi connectivity index (χ2n) is 3.82. The molecule has 0 bridgehead atoms. The minimum atomic E-state index is -0.0497. The van der Waals surface area contributed by atoms with Crippen molar-refractivity contribution in [2.24, 2.45) is 5.92 Å². The summed E-state index contributed by atoms with van der Waals surface area (Å²) in [5.74, 6) is 0.0575. The van der Waals surface area contributed by atoms with Crippen molar-refractivity contribution in [3.05, 3.63) is 0 Å². The van der Waals surface area contributed by atoms with Gasteiger partial charge < -0.3 is 20.4 Å². The number of aliphatic hydroxyl groups excluding tert-OH is 2. The van der Waals surface area contributed by atoms with Gasteiger partial charge in [0.2, 0.25) is 5.91 Å². The van der Waals surface area contributed by atoms with Crippen molar-refractivity contribution in [3.63, 3.8) is 0 Å². The molecule has 1 amide bonds. The first-order chi connectivity index (χ1) is 7.29. The summed E-state index contributed by atoms with van der Waals surface area (Å²) in [5.41, 5.74) is 0. The van der Waals surface area contributed by atoms with Crippen LogP contribution in [0, 0.1) is 5.92 Å². The second kappa shape index (κ2) is 6.76. The van der Waals surface area contributed by atoms with Gasteiger partial charge in [0, 0.05) is 19.6 Å². The van der Waals surface area contributed by atoms with Gasteiger partial charge in [0.15, 0.2) is 0 Å². The molecule has 1 atom stereocenters. The molecule has 0 saturated carbocycles. The standard InChI is InChI=1S/C10H20N2O3/c13-6-4-12(5-7-14)10(15)9-2-1-3-11-8-9/h9,11,13-14H,1-8H2/t9-/m0/s1. The van der Waals surface area contributed by atoms with Crippen LogP contribution in [-0.4, -0.2) is 60.4 Å². The summed E-state index contributed by atoms with van der Waals surface area (Å²) in [6.45, 7) is 2.22. The van der Waals surface area contributed by atoms with Crippen molar-refractivity contribution in [3.8, 4) is 0 Å². The molecule has 1 fully saturated rings. The second-order valence-corrected chi connectivity index (χ2v) is 3.82. The van der Waals surface area contributed by atoms with E-state index in [-0.39, 0.29) is 25.0 Å². The normalized spacial score (nSPS) is 21.3. The molecule has 0 aromatic rings. The monoisotopic (exact) mass is 216 g/mol. The minimum Gasteiger partial charge on any atom is -0.395 e. The van der Waals surface area contributed by atoms with E-state index >= 15 is 0 Å². The Hall–Kier alpha value is -0.650. The van der Waals surface area contributed by atoms with Crippen LogP contribution < -0.4 is 5.32 Å². The first-order valence-corrected chi connectivity index (χ1v) is 5.50. The Labute approximate surface area is 90.1 Å². The highest BCUT2D eigenvalue weighted by Gasteiger charge is 2.25. The number of aliphatic hydroxyl groups is 2. The van der Waals surface area contributed by atoms with E-state index < -0.39 is 0 Å². The summed E-state index contributed by atoms with van der Waals surface area (Å²) in [7, 11) is 0. The van der Waals surface area contributed by atoms with E-state index in [1.165, 1.54) is 4.90 Å². The fourth-order valence-corrected chi connectivity index (χ4v) is 1.89. The quantitative estimate of drug-likeness (QED) is 0.540. The van der Waals surface area contributed by atoms with Gasteiger partial charge in [-0.3, -0.25) is 4.79 Å². The first kappa shape index (κ1) is 12.4. The highest BCUT2D eigenvalue weighted by Crippen LogP contribution is 2.13. The van der Waals surface area contributed by atoms with Gasteiger partial charge in [-0.05, 0) is 19.4 Å². The molecule has 0 radical (unpaired) electrons. The van der Waals surface area contributed by atoms with Crippen LogP contribution in [-0.2, 0) is 4.79 Å². The van der Waals surface area contributed by atoms with Crippen LogP contribution in [0.3, 0.4) is 0 Å². The molecule has 1 aliphatic rings. The summed E-state index contributed by atoms with van der Waals surface area (Å²) >= 11 is 0. The van der Waals surface area contributed by atoms with Gasteiger partial charge >= 0.3 is 0 Å². The van der Waals surface area contributed by atoms with Gasteiger partial charge in [0.25, 0.3) is 0 Å². The fourth-order valence-electron chi connectivity index (χ4n) is 1.89. The zero-order valence-corrected chi connectivity index (χ0v) is 8.98. The number of amides is 1. The average Bonchev–Trinajstić information content (AvgIpc) is 2.29. The molecular formula is C10H20N2O3. The van der Waals surface area contributed by atoms with Crippen molar-refractivity contribution < 1.29 is 15.0 Å². The summed E-state index contributed by atoms with van der Waals surface area (Å²) in [4.78, 5) is 13.5. The van der Waals surface area contributed by atoms with Gasteiger partial charge in [0.1, 0.15) is 0 Å². The molecule has 1 heterocycles. The topological polar surface area (TPSA) is 72.8 Å². The van der Waals surface area contributed by atoms with E-state index in [0.717, 1.165) is 19.4 Å². The third kappa shape index (κ3) is 3.77. The number of carbonyl (C=O) groups is 1. The molecule has 1 saturated heterocycles. The molecule has 5 nitrogen and oxygen atoms in total. The maximum atomic E-state index is 11.9. The lowest BCUT2D eigenvalue weighted by atomic mass is 9.98. The van der Waals surface area contributed by atoms with Crippen molar-refractivity contribution in [2.75, 3.05) is 39.4 Å². The number of carbonyl (C=O) groups excluding carboxylic acids is 1. The summed E-state index contributed by atoms with van der Waals surface area (Å²) in [6, 6.07) is 0. The molecular weight excluding hydrogens is 196 g/mol. The zero-order chi connectivity index (χ0) is 11.1. The predicted molar refractivity (Wildman–Crippen MR) is 56.3 cm³/mol. The molecule has 1 rings (SSSR count). The van der Waals surface area contributed by atoms with Gasteiger partial charge in [-0.2, -0.15) is 0 Å². The van der Waals surface area contributed by atoms with Crippen LogP contribution in [0.25, 0.3) is 0 Å². The molecule has 0 spiro atoms. The maximum Gasteiger partial charge on any atom is 0.227 e. The Morgan fingerprint density at radius 3 is 2.47 bits per heavy atom. The van der Waals surface area contributed by atoms with Gasteiger partial charge in [-0.1, -0.05) is 0 Å². The molecule has 1 aliphatic heterocycles. The molecule has 0 aromatic carbocycles. The van der Waals surface area contributed by atoms with Crippen molar-refractivity contribution in [1.29, 1.82) is 0 Å². The molecule has 0 aromatic heterocycles. The van der Waals surface area contributed by atoms with Crippen LogP contribution in [0.5, 0.6) is 0 Å². The largest absolute Gasteiger partial charge is 0.395 e. The van der Waals surface area contributed by atoms with Crippen LogP contribution in [0.4, 0.5) is 0 Å². The molecule has 0 aliphatic carbocycles. The van der Waals surface area contributed by atoms with Crippen LogP contribution in [0.15, 0.2) is 0 Å². The number of hydrogen-bond acceptors (Lipinski definition) is 4. The Morgan fingerprint density at radius 1 is 1.33 bits per heavy atom. The highest BCUT2D eigenvalue weighted by atomic mass is 16.3. The van der Waals surface area contributed by atoms with Gasteiger partial charge in [0.05, 0.1) is 19.1 Å². The first-order valence-electron chi connectivity index (χ1n) is 5.50. The number of nitrogens with one attached hydrogen (secondary N) is 1. The molecule has 3 N–H and O–H groups in total. The summed E-state index contributed by atoms with van der Waals surface area (Å²) < 4.78 is 0. The Balaban J connectivity index is 2.45. The van der Waals surface area contributed by atoms with Crippen molar-refractivity contribution in [1.82, 2.24) is 10.2 Å². The van der Waals surface area contributed by atoms with Crippen LogP contribution in [0.2, 0.25) is 0 Å². The van der Waals surface area contributed by atoms with E-state index in [0.29, 0.717) is 19.6 Å². The highest BCUT2D eigenvalue weighted by molar-refractivity contribution is 5.79. The van der Waals surface area contributed by atoms with Crippen molar-refractivity contribution in [2.45, 2.75) is 12.8 Å². The number of hydrogen-bond donors (Lipinski definition) is 3. The van der Waals surface area contributed by atoms with Crippen molar-refractivity contribution >= 4 is 5.91 Å². The Bertz CT molecular complexity index is 187. The fraction of sp³-hybridized carbons (Fsp3) is 0.900. The zero-order valence-electron chi connectivity index (χ0n) is 8.98. The molecule has 5 heteroatoms. The SMILES string of the molecule is O=C([C@H]1CCCNC1)N(CCO)CCO. The van der Waals surface area contributed by atoms with Crippen LogP contribution >= 0.6 is 0 Å². The van der Waals surface area contributed by atoms with Gasteiger partial charge in [-0.25, -0.2) is 0 Å². The number of rotatable bonds is 5. The number of nitrogens with zero attached hydrogens (tertiary/aromatic N) is 1. The van der Waals surface area contributed by atoms with Gasteiger partial charge in [-0.15, -0.1) is 0 Å². The smallest absolute Gasteiger partial charge is 0.227 e. The predicted octanol–water partition coefficient (Wildman–Crippen LogP) is -1.20. The lowest BCUT2D eigenvalue weighted by Crippen LogP contribution is -2.45. The summed E-state index contributed by atoms with van der Waals surface area (Å²) in [5, 5.41) is 20.8. The van der Waals surface area contributed by atoms with E-state index in [1.807, 2.05) is 0 Å². The Kier molecular flexibility index (Phi) is 5.60. The Morgan fingerprint density at radius 2 is 2.00 bits per heavy atom. The van der Waals surface area contributed by atoms with E-state index in [9.17, 15) is 4.79 Å². The maximum absolute atomic E-state index is 11.9.